The maximum absolute atomic E-state index is 12.1. The van der Waals surface area contributed by atoms with E-state index in [0.29, 0.717) is 17.6 Å². The topological polar surface area (TPSA) is 55.4 Å². The number of halogens is 1. The summed E-state index contributed by atoms with van der Waals surface area (Å²) in [7, 11) is 0. The maximum atomic E-state index is 12.1. The van der Waals surface area contributed by atoms with Crippen LogP contribution in [0.2, 0.25) is 5.02 Å². The molecule has 24 heavy (non-hydrogen) atoms. The molecule has 0 fully saturated rings. The first kappa shape index (κ1) is 16.0. The largest absolute Gasteiger partial charge is 0.482 e. The molecule has 4 nitrogen and oxygen atoms in total. The Bertz CT molecular complexity index is 903. The van der Waals surface area contributed by atoms with Gasteiger partial charge in [-0.3, -0.25) is 9.59 Å². The minimum Gasteiger partial charge on any atom is -0.482 e. The van der Waals surface area contributed by atoms with Crippen LogP contribution in [0.3, 0.4) is 0 Å². The standard InChI is InChI=1S/C19H14ClNO3/c20-16-10-13(11-22)8-9-18(16)24-12-19(23)21-17-7-3-5-14-4-1-2-6-15(14)17/h1-11H,12H2,(H,21,23). The number of carbonyl (C=O) groups excluding carboxylic acids is 2. The molecule has 3 aromatic carbocycles. The lowest BCUT2D eigenvalue weighted by atomic mass is 10.1. The number of aldehydes is 1. The number of carbonyl (C=O) groups is 2. The summed E-state index contributed by atoms with van der Waals surface area (Å²) in [5.74, 6) is 0.0669. The second-order valence-electron chi connectivity index (χ2n) is 5.17. The molecular formula is C19H14ClNO3. The molecule has 0 aromatic heterocycles. The number of hydrogen-bond donors (Lipinski definition) is 1. The summed E-state index contributed by atoms with van der Waals surface area (Å²) < 4.78 is 5.42. The van der Waals surface area contributed by atoms with Crippen LogP contribution in [0.5, 0.6) is 5.75 Å². The van der Waals surface area contributed by atoms with Crippen LogP contribution in [0.15, 0.2) is 60.7 Å². The average molecular weight is 340 g/mol. The first-order valence-corrected chi connectivity index (χ1v) is 7.70. The molecule has 0 atom stereocenters. The molecule has 0 radical (unpaired) electrons. The summed E-state index contributed by atoms with van der Waals surface area (Å²) in [6.07, 6.45) is 0.697. The molecule has 0 aliphatic carbocycles. The number of hydrogen-bond acceptors (Lipinski definition) is 3. The maximum Gasteiger partial charge on any atom is 0.262 e. The first-order valence-electron chi connectivity index (χ1n) is 7.32. The molecule has 0 heterocycles. The Morgan fingerprint density at radius 3 is 2.67 bits per heavy atom. The molecule has 1 N–H and O–H groups in total. The van der Waals surface area contributed by atoms with Gasteiger partial charge in [-0.25, -0.2) is 0 Å². The van der Waals surface area contributed by atoms with E-state index in [9.17, 15) is 9.59 Å². The summed E-state index contributed by atoms with van der Waals surface area (Å²) in [4.78, 5) is 22.8. The fourth-order valence-electron chi connectivity index (χ4n) is 2.37. The van der Waals surface area contributed by atoms with Gasteiger partial charge in [0, 0.05) is 16.6 Å². The van der Waals surface area contributed by atoms with Crippen LogP contribution >= 0.6 is 11.6 Å². The highest BCUT2D eigenvalue weighted by Gasteiger charge is 2.09. The minimum atomic E-state index is -0.290. The normalized spacial score (nSPS) is 10.4. The van der Waals surface area contributed by atoms with E-state index in [-0.39, 0.29) is 17.5 Å². The molecule has 0 saturated carbocycles. The summed E-state index contributed by atoms with van der Waals surface area (Å²) in [6, 6.07) is 18.1. The Balaban J connectivity index is 1.68. The van der Waals surface area contributed by atoms with Crippen molar-refractivity contribution in [2.24, 2.45) is 0 Å². The van der Waals surface area contributed by atoms with Gasteiger partial charge >= 0.3 is 0 Å². The number of fused-ring (bicyclic) bond motifs is 1. The van der Waals surface area contributed by atoms with Crippen LogP contribution in [0.25, 0.3) is 10.8 Å². The summed E-state index contributed by atoms with van der Waals surface area (Å²) >= 11 is 6.01. The Morgan fingerprint density at radius 1 is 1.08 bits per heavy atom. The zero-order valence-corrected chi connectivity index (χ0v) is 13.4. The van der Waals surface area contributed by atoms with Gasteiger partial charge in [-0.2, -0.15) is 0 Å². The fourth-order valence-corrected chi connectivity index (χ4v) is 2.61. The van der Waals surface area contributed by atoms with Gasteiger partial charge in [-0.15, -0.1) is 0 Å². The number of nitrogens with one attached hydrogen (secondary N) is 1. The Labute approximate surface area is 144 Å². The summed E-state index contributed by atoms with van der Waals surface area (Å²) in [6.45, 7) is -0.177. The van der Waals surface area contributed by atoms with Crippen LogP contribution < -0.4 is 10.1 Å². The van der Waals surface area contributed by atoms with E-state index >= 15 is 0 Å². The SMILES string of the molecule is O=Cc1ccc(OCC(=O)Nc2cccc3ccccc23)c(Cl)c1. The van der Waals surface area contributed by atoms with Gasteiger partial charge in [0.2, 0.25) is 0 Å². The van der Waals surface area contributed by atoms with E-state index in [1.165, 1.54) is 6.07 Å². The molecule has 0 spiro atoms. The molecule has 3 aromatic rings. The van der Waals surface area contributed by atoms with Crippen LogP contribution in [-0.4, -0.2) is 18.8 Å². The van der Waals surface area contributed by atoms with Crippen molar-refractivity contribution in [2.45, 2.75) is 0 Å². The minimum absolute atomic E-state index is 0.177. The molecule has 120 valence electrons. The highest BCUT2D eigenvalue weighted by molar-refractivity contribution is 6.32. The first-order chi connectivity index (χ1) is 11.7. The molecule has 1 amide bonds. The predicted octanol–water partition coefficient (Wildman–Crippen LogP) is 4.32. The third-order valence-electron chi connectivity index (χ3n) is 3.51. The lowest BCUT2D eigenvalue weighted by molar-refractivity contribution is -0.118. The number of rotatable bonds is 5. The van der Waals surface area contributed by atoms with E-state index in [0.717, 1.165) is 16.5 Å². The number of benzene rings is 3. The van der Waals surface area contributed by atoms with Crippen molar-refractivity contribution in [3.05, 3.63) is 71.2 Å². The number of ether oxygens (including phenoxy) is 1. The van der Waals surface area contributed by atoms with Crippen molar-refractivity contribution in [3.8, 4) is 5.75 Å². The van der Waals surface area contributed by atoms with Crippen LogP contribution in [-0.2, 0) is 4.79 Å². The molecule has 3 rings (SSSR count). The molecule has 5 heteroatoms. The van der Waals surface area contributed by atoms with E-state index in [1.54, 1.807) is 12.1 Å². The summed E-state index contributed by atoms with van der Waals surface area (Å²) in [5.41, 5.74) is 1.18. The van der Waals surface area contributed by atoms with Gasteiger partial charge in [0.05, 0.1) is 5.02 Å². The zero-order valence-electron chi connectivity index (χ0n) is 12.7. The van der Waals surface area contributed by atoms with Crippen molar-refractivity contribution >= 4 is 40.3 Å². The van der Waals surface area contributed by atoms with Gasteiger partial charge < -0.3 is 10.1 Å². The Morgan fingerprint density at radius 2 is 1.88 bits per heavy atom. The van der Waals surface area contributed by atoms with Crippen molar-refractivity contribution < 1.29 is 14.3 Å². The van der Waals surface area contributed by atoms with Gasteiger partial charge in [0.1, 0.15) is 12.0 Å². The van der Waals surface area contributed by atoms with Gasteiger partial charge in [-0.1, -0.05) is 48.0 Å². The molecular weight excluding hydrogens is 326 g/mol. The molecule has 0 unspecified atom stereocenters. The molecule has 0 aliphatic heterocycles. The lowest BCUT2D eigenvalue weighted by Crippen LogP contribution is -2.20. The number of anilines is 1. The van der Waals surface area contributed by atoms with Crippen molar-refractivity contribution in [1.82, 2.24) is 0 Å². The average Bonchev–Trinajstić information content (AvgIpc) is 2.61. The van der Waals surface area contributed by atoms with Gasteiger partial charge in [-0.05, 0) is 29.7 Å². The quantitative estimate of drug-likeness (QED) is 0.704. The van der Waals surface area contributed by atoms with Gasteiger partial charge in [0.25, 0.3) is 5.91 Å². The van der Waals surface area contributed by atoms with Crippen LogP contribution in [0.1, 0.15) is 10.4 Å². The molecule has 0 bridgehead atoms. The third kappa shape index (κ3) is 3.55. The second kappa shape index (κ2) is 7.15. The summed E-state index contributed by atoms with van der Waals surface area (Å²) in [5, 5.41) is 5.13. The van der Waals surface area contributed by atoms with Gasteiger partial charge in [0.15, 0.2) is 6.61 Å². The molecule has 0 saturated heterocycles. The zero-order chi connectivity index (χ0) is 16.9. The predicted molar refractivity (Wildman–Crippen MR) is 94.9 cm³/mol. The van der Waals surface area contributed by atoms with E-state index in [2.05, 4.69) is 5.32 Å². The van der Waals surface area contributed by atoms with E-state index in [4.69, 9.17) is 16.3 Å². The third-order valence-corrected chi connectivity index (χ3v) is 3.81. The Hall–Kier alpha value is -2.85. The van der Waals surface area contributed by atoms with Crippen LogP contribution in [0.4, 0.5) is 5.69 Å². The van der Waals surface area contributed by atoms with E-state index in [1.807, 2.05) is 42.5 Å². The number of amides is 1. The fraction of sp³-hybridized carbons (Fsp3) is 0.0526. The second-order valence-corrected chi connectivity index (χ2v) is 5.58. The van der Waals surface area contributed by atoms with Crippen LogP contribution in [0, 0.1) is 0 Å². The highest BCUT2D eigenvalue weighted by atomic mass is 35.5. The highest BCUT2D eigenvalue weighted by Crippen LogP contribution is 2.25. The van der Waals surface area contributed by atoms with Crippen molar-refractivity contribution in [1.29, 1.82) is 0 Å². The lowest BCUT2D eigenvalue weighted by Gasteiger charge is -2.11. The molecule has 0 aliphatic rings. The van der Waals surface area contributed by atoms with E-state index < -0.39 is 0 Å². The smallest absolute Gasteiger partial charge is 0.262 e. The van der Waals surface area contributed by atoms with Crippen molar-refractivity contribution in [2.75, 3.05) is 11.9 Å². The van der Waals surface area contributed by atoms with Crippen molar-refractivity contribution in [3.63, 3.8) is 0 Å². The monoisotopic (exact) mass is 339 g/mol. The Kier molecular flexibility index (Phi) is 4.77.